The Morgan fingerprint density at radius 2 is 1.87 bits per heavy atom. The van der Waals surface area contributed by atoms with Gasteiger partial charge >= 0.3 is 0 Å². The van der Waals surface area contributed by atoms with E-state index in [0.717, 1.165) is 33.3 Å². The predicted molar refractivity (Wildman–Crippen MR) is 121 cm³/mol. The van der Waals surface area contributed by atoms with Crippen molar-refractivity contribution >= 4 is 16.8 Å². The van der Waals surface area contributed by atoms with Crippen LogP contribution < -0.4 is 10.1 Å². The number of carbonyl (C=O) groups excluding carboxylic acids is 1. The lowest BCUT2D eigenvalue weighted by Gasteiger charge is -2.19. The molecule has 1 heterocycles. The number of hydrogen-bond donors (Lipinski definition) is 2. The van der Waals surface area contributed by atoms with E-state index in [-0.39, 0.29) is 17.6 Å². The highest BCUT2D eigenvalue weighted by Crippen LogP contribution is 2.31. The van der Waals surface area contributed by atoms with Crippen LogP contribution in [0.4, 0.5) is 4.39 Å². The fraction of sp³-hybridized carbons (Fsp3) is 0.192. The van der Waals surface area contributed by atoms with Gasteiger partial charge in [-0.15, -0.1) is 0 Å². The molecule has 0 spiro atoms. The van der Waals surface area contributed by atoms with E-state index in [0.29, 0.717) is 19.4 Å². The number of benzene rings is 3. The number of halogens is 1. The summed E-state index contributed by atoms with van der Waals surface area (Å²) in [5.41, 5.74) is 4.11. The zero-order chi connectivity index (χ0) is 21.6. The van der Waals surface area contributed by atoms with Crippen molar-refractivity contribution in [3.05, 3.63) is 102 Å². The lowest BCUT2D eigenvalue weighted by atomic mass is 9.90. The molecule has 0 bridgehead atoms. The van der Waals surface area contributed by atoms with Crippen LogP contribution in [0, 0.1) is 5.82 Å². The van der Waals surface area contributed by atoms with Gasteiger partial charge in [0.1, 0.15) is 11.6 Å². The number of amides is 1. The van der Waals surface area contributed by atoms with Crippen molar-refractivity contribution in [2.45, 2.75) is 18.8 Å². The van der Waals surface area contributed by atoms with Gasteiger partial charge in [0, 0.05) is 36.0 Å². The van der Waals surface area contributed by atoms with Crippen LogP contribution in [0.5, 0.6) is 5.75 Å². The number of aromatic amines is 1. The number of nitrogens with one attached hydrogen (secondary N) is 2. The quantitative estimate of drug-likeness (QED) is 0.415. The van der Waals surface area contributed by atoms with Crippen molar-refractivity contribution in [1.29, 1.82) is 0 Å². The third-order valence-electron chi connectivity index (χ3n) is 5.55. The predicted octanol–water partition coefficient (Wildman–Crippen LogP) is 5.20. The Morgan fingerprint density at radius 3 is 2.65 bits per heavy atom. The van der Waals surface area contributed by atoms with Crippen LogP contribution in [0.2, 0.25) is 0 Å². The largest absolute Gasteiger partial charge is 0.497 e. The molecule has 0 saturated carbocycles. The van der Waals surface area contributed by atoms with Gasteiger partial charge in [0.2, 0.25) is 5.91 Å². The highest BCUT2D eigenvalue weighted by molar-refractivity contribution is 5.84. The van der Waals surface area contributed by atoms with Gasteiger partial charge in [-0.25, -0.2) is 4.39 Å². The maximum Gasteiger partial charge on any atom is 0.220 e. The van der Waals surface area contributed by atoms with Crippen LogP contribution in [0.3, 0.4) is 0 Å². The van der Waals surface area contributed by atoms with E-state index in [9.17, 15) is 9.18 Å². The number of rotatable bonds is 8. The number of H-pyrrole nitrogens is 1. The minimum absolute atomic E-state index is 0.0137. The molecule has 4 aromatic rings. The number of aryl methyl sites for hydroxylation is 1. The van der Waals surface area contributed by atoms with Crippen LogP contribution in [0.15, 0.2) is 79.0 Å². The van der Waals surface area contributed by atoms with Crippen LogP contribution in [-0.4, -0.2) is 24.5 Å². The van der Waals surface area contributed by atoms with Crippen molar-refractivity contribution in [3.63, 3.8) is 0 Å². The van der Waals surface area contributed by atoms with Gasteiger partial charge in [-0.1, -0.05) is 42.5 Å². The number of carbonyl (C=O) groups is 1. The van der Waals surface area contributed by atoms with Gasteiger partial charge in [-0.05, 0) is 53.4 Å². The maximum atomic E-state index is 13.4. The van der Waals surface area contributed by atoms with Crippen molar-refractivity contribution in [2.24, 2.45) is 0 Å². The molecule has 1 aromatic heterocycles. The average molecular weight is 416 g/mol. The summed E-state index contributed by atoms with van der Waals surface area (Å²) in [5.74, 6) is 0.445. The zero-order valence-electron chi connectivity index (χ0n) is 17.4. The van der Waals surface area contributed by atoms with Gasteiger partial charge in [0.25, 0.3) is 0 Å². The summed E-state index contributed by atoms with van der Waals surface area (Å²) < 4.78 is 18.6. The number of methoxy groups -OCH3 is 1. The molecule has 0 fully saturated rings. The first kappa shape index (κ1) is 20.7. The number of ether oxygens (including phenoxy) is 1. The molecule has 1 amide bonds. The Labute approximate surface area is 181 Å². The summed E-state index contributed by atoms with van der Waals surface area (Å²) in [7, 11) is 1.64. The topological polar surface area (TPSA) is 54.1 Å². The third-order valence-corrected chi connectivity index (χ3v) is 5.55. The molecule has 1 unspecified atom stereocenters. The van der Waals surface area contributed by atoms with Crippen molar-refractivity contribution in [3.8, 4) is 5.75 Å². The second kappa shape index (κ2) is 9.47. The SMILES string of the molecule is COc1ccc(C(CNC(=O)CCc2cccc(F)c2)c2c[nH]c3ccccc23)cc1. The second-order valence-corrected chi connectivity index (χ2v) is 7.55. The first-order valence-electron chi connectivity index (χ1n) is 10.3. The molecule has 4 rings (SSSR count). The fourth-order valence-electron chi connectivity index (χ4n) is 3.88. The van der Waals surface area contributed by atoms with Crippen LogP contribution in [0.25, 0.3) is 10.9 Å². The van der Waals surface area contributed by atoms with Crippen LogP contribution in [0.1, 0.15) is 29.0 Å². The Balaban J connectivity index is 1.51. The van der Waals surface area contributed by atoms with Gasteiger partial charge in [0.15, 0.2) is 0 Å². The molecular formula is C26H25FN2O2. The minimum Gasteiger partial charge on any atom is -0.497 e. The van der Waals surface area contributed by atoms with Crippen molar-refractivity contribution in [2.75, 3.05) is 13.7 Å². The van der Waals surface area contributed by atoms with Gasteiger partial charge in [-0.2, -0.15) is 0 Å². The molecule has 31 heavy (non-hydrogen) atoms. The van der Waals surface area contributed by atoms with E-state index in [1.54, 1.807) is 13.2 Å². The smallest absolute Gasteiger partial charge is 0.220 e. The number of aromatic nitrogens is 1. The molecule has 5 heteroatoms. The maximum absolute atomic E-state index is 13.4. The summed E-state index contributed by atoms with van der Waals surface area (Å²) in [6.07, 6.45) is 2.83. The summed E-state index contributed by atoms with van der Waals surface area (Å²) >= 11 is 0. The van der Waals surface area contributed by atoms with E-state index in [1.807, 2.05) is 54.7 Å². The van der Waals surface area contributed by atoms with Crippen LogP contribution in [-0.2, 0) is 11.2 Å². The second-order valence-electron chi connectivity index (χ2n) is 7.55. The summed E-state index contributed by atoms with van der Waals surface area (Å²) in [5, 5.41) is 4.21. The summed E-state index contributed by atoms with van der Waals surface area (Å²) in [4.78, 5) is 15.9. The summed E-state index contributed by atoms with van der Waals surface area (Å²) in [6.45, 7) is 0.468. The van der Waals surface area contributed by atoms with E-state index in [4.69, 9.17) is 4.74 Å². The first-order valence-corrected chi connectivity index (χ1v) is 10.3. The standard InChI is InChI=1S/C26H25FN2O2/c1-31-21-12-10-19(11-13-21)23(24-17-28-25-8-3-2-7-22(24)25)16-29-26(30)14-9-18-5-4-6-20(27)15-18/h2-8,10-13,15,17,23,28H,9,14,16H2,1H3,(H,29,30). The third kappa shape index (κ3) is 4.94. The van der Waals surface area contributed by atoms with Gasteiger partial charge in [-0.3, -0.25) is 4.79 Å². The number of para-hydroxylation sites is 1. The fourth-order valence-corrected chi connectivity index (χ4v) is 3.88. The first-order chi connectivity index (χ1) is 15.1. The molecule has 0 aliphatic carbocycles. The Hall–Kier alpha value is -3.60. The monoisotopic (exact) mass is 416 g/mol. The highest BCUT2D eigenvalue weighted by Gasteiger charge is 2.19. The molecule has 0 aliphatic rings. The van der Waals surface area contributed by atoms with Crippen molar-refractivity contribution < 1.29 is 13.9 Å². The van der Waals surface area contributed by atoms with Gasteiger partial charge in [0.05, 0.1) is 7.11 Å². The number of fused-ring (bicyclic) bond motifs is 1. The van der Waals surface area contributed by atoms with E-state index >= 15 is 0 Å². The molecule has 1 atom stereocenters. The Bertz CT molecular complexity index is 1170. The lowest BCUT2D eigenvalue weighted by Crippen LogP contribution is -2.29. The van der Waals surface area contributed by atoms with Crippen LogP contribution >= 0.6 is 0 Å². The molecule has 4 nitrogen and oxygen atoms in total. The average Bonchev–Trinajstić information content (AvgIpc) is 3.22. The van der Waals surface area contributed by atoms with Gasteiger partial charge < -0.3 is 15.0 Å². The molecule has 0 saturated heterocycles. The molecular weight excluding hydrogens is 391 g/mol. The molecule has 3 aromatic carbocycles. The highest BCUT2D eigenvalue weighted by atomic mass is 19.1. The molecule has 2 N–H and O–H groups in total. The summed E-state index contributed by atoms with van der Waals surface area (Å²) in [6, 6.07) is 22.5. The molecule has 0 radical (unpaired) electrons. The normalized spacial score (nSPS) is 11.9. The lowest BCUT2D eigenvalue weighted by molar-refractivity contribution is -0.121. The van der Waals surface area contributed by atoms with E-state index in [2.05, 4.69) is 16.4 Å². The molecule has 158 valence electrons. The van der Waals surface area contributed by atoms with E-state index < -0.39 is 0 Å². The Kier molecular flexibility index (Phi) is 6.32. The minimum atomic E-state index is -0.281. The zero-order valence-corrected chi connectivity index (χ0v) is 17.4. The van der Waals surface area contributed by atoms with E-state index in [1.165, 1.54) is 12.1 Å². The Morgan fingerprint density at radius 1 is 1.06 bits per heavy atom. The molecule has 0 aliphatic heterocycles. The number of hydrogen-bond acceptors (Lipinski definition) is 2. The van der Waals surface area contributed by atoms with Crippen molar-refractivity contribution in [1.82, 2.24) is 10.3 Å².